The van der Waals surface area contributed by atoms with Gasteiger partial charge in [-0.2, -0.15) is 0 Å². The van der Waals surface area contributed by atoms with Gasteiger partial charge in [0.05, 0.1) is 0 Å². The Morgan fingerprint density at radius 1 is 0.500 bits per heavy atom. The summed E-state index contributed by atoms with van der Waals surface area (Å²) in [4.78, 5) is 0. The zero-order chi connectivity index (χ0) is 18.9. The molecule has 0 heteroatoms. The van der Waals surface area contributed by atoms with E-state index in [-0.39, 0.29) is 10.8 Å². The van der Waals surface area contributed by atoms with Gasteiger partial charge in [0.2, 0.25) is 0 Å². The van der Waals surface area contributed by atoms with Gasteiger partial charge in [-0.15, -0.1) is 26.3 Å². The summed E-state index contributed by atoms with van der Waals surface area (Å²) in [5, 5.41) is 0. The van der Waals surface area contributed by atoms with Crippen molar-refractivity contribution in [3.63, 3.8) is 0 Å². The highest BCUT2D eigenvalue weighted by Crippen LogP contribution is 2.54. The third-order valence-electron chi connectivity index (χ3n) is 5.54. The number of hydrogen-bond acceptors (Lipinski definition) is 0. The fourth-order valence-corrected chi connectivity index (χ4v) is 4.47. The molecule has 134 valence electrons. The molecule has 0 atom stereocenters. The highest BCUT2D eigenvalue weighted by Gasteiger charge is 2.50. The Morgan fingerprint density at radius 3 is 1.00 bits per heavy atom. The van der Waals surface area contributed by atoms with Gasteiger partial charge in [-0.1, -0.05) is 85.0 Å². The lowest BCUT2D eigenvalue weighted by atomic mass is 9.51. The third-order valence-corrected chi connectivity index (χ3v) is 5.54. The summed E-state index contributed by atoms with van der Waals surface area (Å²) >= 11 is 0. The Kier molecular flexibility index (Phi) is 6.97. The van der Waals surface area contributed by atoms with Crippen molar-refractivity contribution >= 4 is 0 Å². The largest absolute Gasteiger partial charge is 0.103 e. The second-order valence-electron chi connectivity index (χ2n) is 6.87. The molecular formula is C26H30. The minimum absolute atomic E-state index is 0.165. The molecule has 0 radical (unpaired) electrons. The van der Waals surface area contributed by atoms with E-state index in [0.29, 0.717) is 0 Å². The van der Waals surface area contributed by atoms with E-state index in [4.69, 9.17) is 0 Å². The molecule has 0 aromatic heterocycles. The standard InChI is InChI=1S/C26H30/c1-5-19-25(20-6-2,23-15-11-9-12-16-23)26(21-7-3,22-8-4)24-17-13-10-14-18-24/h5-18H,1-4,19-22H2. The van der Waals surface area contributed by atoms with Crippen LogP contribution < -0.4 is 0 Å². The monoisotopic (exact) mass is 342 g/mol. The molecule has 0 saturated heterocycles. The number of allylic oxidation sites excluding steroid dienone is 4. The van der Waals surface area contributed by atoms with Crippen molar-refractivity contribution in [2.75, 3.05) is 0 Å². The Labute approximate surface area is 159 Å². The van der Waals surface area contributed by atoms with Crippen LogP contribution in [-0.2, 0) is 10.8 Å². The molecule has 0 fully saturated rings. The Morgan fingerprint density at radius 2 is 0.769 bits per heavy atom. The Hall–Kier alpha value is -2.60. The normalized spacial score (nSPS) is 11.5. The van der Waals surface area contributed by atoms with Gasteiger partial charge in [0.25, 0.3) is 0 Å². The first-order valence-electron chi connectivity index (χ1n) is 9.25. The van der Waals surface area contributed by atoms with E-state index in [1.807, 2.05) is 24.3 Å². The summed E-state index contributed by atoms with van der Waals surface area (Å²) in [6.45, 7) is 16.4. The van der Waals surface area contributed by atoms with Crippen molar-refractivity contribution in [2.45, 2.75) is 36.5 Å². The first kappa shape index (κ1) is 19.7. The van der Waals surface area contributed by atoms with Crippen LogP contribution in [0.2, 0.25) is 0 Å². The summed E-state index contributed by atoms with van der Waals surface area (Å²) in [6, 6.07) is 21.5. The molecular weight excluding hydrogens is 312 g/mol. The first-order valence-corrected chi connectivity index (χ1v) is 9.25. The topological polar surface area (TPSA) is 0 Å². The lowest BCUT2D eigenvalue weighted by Gasteiger charge is -2.51. The van der Waals surface area contributed by atoms with Crippen molar-refractivity contribution in [3.05, 3.63) is 122 Å². The molecule has 2 rings (SSSR count). The van der Waals surface area contributed by atoms with Gasteiger partial charge in [0.15, 0.2) is 0 Å². The van der Waals surface area contributed by atoms with Crippen molar-refractivity contribution in [3.8, 4) is 0 Å². The summed E-state index contributed by atoms with van der Waals surface area (Å²) in [5.41, 5.74) is 2.29. The molecule has 0 heterocycles. The van der Waals surface area contributed by atoms with E-state index in [0.717, 1.165) is 25.7 Å². The zero-order valence-corrected chi connectivity index (χ0v) is 15.7. The second kappa shape index (κ2) is 9.20. The maximum Gasteiger partial charge on any atom is 0.0124 e. The van der Waals surface area contributed by atoms with E-state index in [9.17, 15) is 0 Å². The molecule has 26 heavy (non-hydrogen) atoms. The first-order chi connectivity index (χ1) is 12.7. The van der Waals surface area contributed by atoms with Crippen LogP contribution in [0.5, 0.6) is 0 Å². The average Bonchev–Trinajstić information content (AvgIpc) is 2.69. The average molecular weight is 343 g/mol. The Bertz CT molecular complexity index is 636. The maximum absolute atomic E-state index is 4.09. The molecule has 0 N–H and O–H groups in total. The molecule has 0 aliphatic carbocycles. The predicted octanol–water partition coefficient (Wildman–Crippen LogP) is 7.17. The quantitative estimate of drug-likeness (QED) is 0.380. The molecule has 0 nitrogen and oxygen atoms in total. The maximum atomic E-state index is 4.09. The van der Waals surface area contributed by atoms with Crippen LogP contribution in [0.25, 0.3) is 0 Å². The van der Waals surface area contributed by atoms with Gasteiger partial charge in [0.1, 0.15) is 0 Å². The van der Waals surface area contributed by atoms with Crippen LogP contribution in [-0.4, -0.2) is 0 Å². The van der Waals surface area contributed by atoms with Gasteiger partial charge < -0.3 is 0 Å². The number of benzene rings is 2. The van der Waals surface area contributed by atoms with Crippen LogP contribution in [0.1, 0.15) is 36.8 Å². The fraction of sp³-hybridized carbons (Fsp3) is 0.231. The number of rotatable bonds is 11. The highest BCUT2D eigenvalue weighted by molar-refractivity contribution is 5.42. The van der Waals surface area contributed by atoms with Crippen LogP contribution >= 0.6 is 0 Å². The van der Waals surface area contributed by atoms with Crippen LogP contribution in [0.3, 0.4) is 0 Å². The van der Waals surface area contributed by atoms with Gasteiger partial charge >= 0.3 is 0 Å². The molecule has 0 aliphatic heterocycles. The van der Waals surface area contributed by atoms with E-state index < -0.39 is 0 Å². The van der Waals surface area contributed by atoms with Crippen molar-refractivity contribution in [1.82, 2.24) is 0 Å². The van der Waals surface area contributed by atoms with Crippen LogP contribution in [0, 0.1) is 0 Å². The second-order valence-corrected chi connectivity index (χ2v) is 6.87. The molecule has 0 aliphatic rings. The van der Waals surface area contributed by atoms with Crippen molar-refractivity contribution < 1.29 is 0 Å². The third kappa shape index (κ3) is 3.51. The summed E-state index contributed by atoms with van der Waals surface area (Å²) < 4.78 is 0. The predicted molar refractivity (Wildman–Crippen MR) is 115 cm³/mol. The van der Waals surface area contributed by atoms with E-state index >= 15 is 0 Å². The zero-order valence-electron chi connectivity index (χ0n) is 15.7. The van der Waals surface area contributed by atoms with Crippen LogP contribution in [0.4, 0.5) is 0 Å². The lowest BCUT2D eigenvalue weighted by molar-refractivity contribution is 0.212. The molecule has 0 saturated carbocycles. The minimum Gasteiger partial charge on any atom is -0.103 e. The molecule has 2 aromatic rings. The lowest BCUT2D eigenvalue weighted by Crippen LogP contribution is -2.48. The highest BCUT2D eigenvalue weighted by atomic mass is 14.5. The van der Waals surface area contributed by atoms with Gasteiger partial charge in [-0.05, 0) is 36.8 Å². The van der Waals surface area contributed by atoms with E-state index in [2.05, 4.69) is 87.0 Å². The molecule has 2 aromatic carbocycles. The van der Waals surface area contributed by atoms with Gasteiger partial charge in [-0.3, -0.25) is 0 Å². The van der Waals surface area contributed by atoms with E-state index in [1.165, 1.54) is 11.1 Å². The summed E-state index contributed by atoms with van der Waals surface area (Å²) in [7, 11) is 0. The van der Waals surface area contributed by atoms with Gasteiger partial charge in [-0.25, -0.2) is 0 Å². The molecule has 0 unspecified atom stereocenters. The van der Waals surface area contributed by atoms with Crippen molar-refractivity contribution in [2.24, 2.45) is 0 Å². The van der Waals surface area contributed by atoms with E-state index in [1.54, 1.807) is 0 Å². The van der Waals surface area contributed by atoms with Gasteiger partial charge in [0, 0.05) is 10.8 Å². The summed E-state index contributed by atoms with van der Waals surface area (Å²) in [5.74, 6) is 0. The molecule has 0 spiro atoms. The SMILES string of the molecule is C=CCC(CC=C)(c1ccccc1)C(CC=C)(CC=C)c1ccccc1. The minimum atomic E-state index is -0.165. The summed E-state index contributed by atoms with van der Waals surface area (Å²) in [6.07, 6.45) is 11.6. The molecule has 0 amide bonds. The number of hydrogen-bond donors (Lipinski definition) is 0. The fourth-order valence-electron chi connectivity index (χ4n) is 4.47. The van der Waals surface area contributed by atoms with Crippen molar-refractivity contribution in [1.29, 1.82) is 0 Å². The Balaban J connectivity index is 2.87. The smallest absolute Gasteiger partial charge is 0.0124 e. The van der Waals surface area contributed by atoms with Crippen LogP contribution in [0.15, 0.2) is 111 Å². The molecule has 0 bridgehead atoms.